The predicted molar refractivity (Wildman–Crippen MR) is 130 cm³/mol. The van der Waals surface area contributed by atoms with Gasteiger partial charge in [-0.3, -0.25) is 19.2 Å². The molecule has 0 spiro atoms. The number of hydrogen-bond donors (Lipinski definition) is 4. The molecule has 4 amide bonds. The number of nitrogens with one attached hydrogen (secondary N) is 4. The third kappa shape index (κ3) is 10.9. The Bertz CT molecular complexity index is 815. The quantitative estimate of drug-likeness (QED) is 0.283. The van der Waals surface area contributed by atoms with Crippen molar-refractivity contribution in [2.24, 2.45) is 0 Å². The molecule has 2 rings (SSSR count). The summed E-state index contributed by atoms with van der Waals surface area (Å²) in [5, 5.41) is 10.8. The van der Waals surface area contributed by atoms with E-state index in [0.717, 1.165) is 0 Å². The zero-order valence-electron chi connectivity index (χ0n) is 22.1. The monoisotopic (exact) mass is 528 g/mol. The van der Waals surface area contributed by atoms with Gasteiger partial charge in [0.2, 0.25) is 5.91 Å². The van der Waals surface area contributed by atoms with Gasteiger partial charge in [-0.15, -0.1) is 0 Å². The molecule has 2 fully saturated rings. The summed E-state index contributed by atoms with van der Waals surface area (Å²) in [6.07, 6.45) is 0.101. The molecule has 210 valence electrons. The highest BCUT2D eigenvalue weighted by molar-refractivity contribution is 5.85. The number of alkyl carbamates (subject to hydrolysis) is 1. The van der Waals surface area contributed by atoms with Crippen molar-refractivity contribution in [3.05, 3.63) is 0 Å². The second kappa shape index (κ2) is 14.7. The molecule has 0 aromatic rings. The number of ether oxygens (including phenoxy) is 4. The zero-order chi connectivity index (χ0) is 27.4. The molecule has 0 aromatic carbocycles. The summed E-state index contributed by atoms with van der Waals surface area (Å²) in [4.78, 5) is 61.0. The Morgan fingerprint density at radius 1 is 0.811 bits per heavy atom. The summed E-state index contributed by atoms with van der Waals surface area (Å²) in [5.41, 5.74) is -0.670. The van der Waals surface area contributed by atoms with Gasteiger partial charge in [-0.2, -0.15) is 0 Å². The fourth-order valence-electron chi connectivity index (χ4n) is 4.00. The second-order valence-electron chi connectivity index (χ2n) is 9.95. The van der Waals surface area contributed by atoms with Crippen LogP contribution >= 0.6 is 0 Å². The van der Waals surface area contributed by atoms with Gasteiger partial charge in [-0.1, -0.05) is 0 Å². The standard InChI is InChI=1S/C24H40N4O9/c1-24(2,3)37-23(33)28-16-8-6-14-36-20(16)22(32)25-11-9-17(29)27-15-7-5-13-35-19(15)21(31)26-12-10-18(30)34-4/h15-16,19-20H,5-14H2,1-4H3,(H,25,32)(H,26,31)(H,27,29)(H,28,33)/t15-,16-,19-,20-/m0/s1. The number of carbonyl (C=O) groups excluding carboxylic acids is 5. The number of esters is 1. The molecule has 2 aliphatic rings. The van der Waals surface area contributed by atoms with E-state index < -0.39 is 53.8 Å². The maximum atomic E-state index is 12.7. The van der Waals surface area contributed by atoms with Crippen LogP contribution in [0.1, 0.15) is 59.3 Å². The number of amides is 4. The van der Waals surface area contributed by atoms with Gasteiger partial charge in [0.05, 0.1) is 25.6 Å². The average molecular weight is 529 g/mol. The summed E-state index contributed by atoms with van der Waals surface area (Å²) in [7, 11) is 1.27. The summed E-state index contributed by atoms with van der Waals surface area (Å²) in [5.74, 6) is -1.64. The van der Waals surface area contributed by atoms with Crippen molar-refractivity contribution in [3.63, 3.8) is 0 Å². The van der Waals surface area contributed by atoms with Crippen LogP contribution in [0.5, 0.6) is 0 Å². The highest BCUT2D eigenvalue weighted by Gasteiger charge is 2.35. The topological polar surface area (TPSA) is 170 Å². The van der Waals surface area contributed by atoms with Crippen molar-refractivity contribution >= 4 is 29.8 Å². The van der Waals surface area contributed by atoms with Crippen LogP contribution in [0.2, 0.25) is 0 Å². The predicted octanol–water partition coefficient (Wildman–Crippen LogP) is -0.0919. The Labute approximate surface area is 217 Å². The first-order chi connectivity index (χ1) is 17.5. The first-order valence-corrected chi connectivity index (χ1v) is 12.6. The highest BCUT2D eigenvalue weighted by Crippen LogP contribution is 2.17. The number of hydrogen-bond acceptors (Lipinski definition) is 9. The average Bonchev–Trinajstić information content (AvgIpc) is 2.83. The molecule has 0 unspecified atom stereocenters. The number of methoxy groups -OCH3 is 1. The summed E-state index contributed by atoms with van der Waals surface area (Å²) >= 11 is 0. The van der Waals surface area contributed by atoms with Gasteiger partial charge in [-0.05, 0) is 46.5 Å². The summed E-state index contributed by atoms with van der Waals surface area (Å²) in [6.45, 7) is 6.17. The smallest absolute Gasteiger partial charge is 0.407 e. The lowest BCUT2D eigenvalue weighted by Crippen LogP contribution is -2.55. The van der Waals surface area contributed by atoms with Crippen LogP contribution in [-0.4, -0.2) is 93.1 Å². The molecule has 0 aliphatic carbocycles. The van der Waals surface area contributed by atoms with Gasteiger partial charge in [0.25, 0.3) is 11.8 Å². The van der Waals surface area contributed by atoms with Crippen LogP contribution in [0.15, 0.2) is 0 Å². The van der Waals surface area contributed by atoms with E-state index in [1.165, 1.54) is 7.11 Å². The molecule has 13 heteroatoms. The van der Waals surface area contributed by atoms with E-state index in [1.54, 1.807) is 20.8 Å². The van der Waals surface area contributed by atoms with Gasteiger partial charge in [-0.25, -0.2) is 4.79 Å². The minimum atomic E-state index is -0.894. The van der Waals surface area contributed by atoms with Gasteiger partial charge < -0.3 is 40.2 Å². The fourth-order valence-corrected chi connectivity index (χ4v) is 4.00. The van der Waals surface area contributed by atoms with Crippen LogP contribution in [0.3, 0.4) is 0 Å². The Morgan fingerprint density at radius 3 is 1.84 bits per heavy atom. The first kappa shape index (κ1) is 30.3. The van der Waals surface area contributed by atoms with E-state index in [-0.39, 0.29) is 31.8 Å². The SMILES string of the molecule is COC(=O)CCNC(=O)[C@H]1OCCC[C@@H]1NC(=O)CCNC(=O)[C@H]1OCCC[C@@H]1NC(=O)OC(C)(C)C. The van der Waals surface area contributed by atoms with Crippen molar-refractivity contribution < 1.29 is 42.9 Å². The molecule has 13 nitrogen and oxygen atoms in total. The molecule has 2 heterocycles. The van der Waals surface area contributed by atoms with Crippen LogP contribution in [-0.2, 0) is 38.1 Å². The maximum absolute atomic E-state index is 12.7. The lowest BCUT2D eigenvalue weighted by Gasteiger charge is -2.32. The van der Waals surface area contributed by atoms with E-state index >= 15 is 0 Å². The third-order valence-corrected chi connectivity index (χ3v) is 5.72. The Kier molecular flexibility index (Phi) is 12.1. The molecule has 4 N–H and O–H groups in total. The summed E-state index contributed by atoms with van der Waals surface area (Å²) < 4.78 is 21.0. The molecule has 2 saturated heterocycles. The van der Waals surface area contributed by atoms with Crippen LogP contribution in [0, 0.1) is 0 Å². The van der Waals surface area contributed by atoms with E-state index in [2.05, 4.69) is 26.0 Å². The molecule has 4 atom stereocenters. The summed E-state index contributed by atoms with van der Waals surface area (Å²) in [6, 6.07) is -1.07. The van der Waals surface area contributed by atoms with Crippen molar-refractivity contribution in [1.82, 2.24) is 21.3 Å². The van der Waals surface area contributed by atoms with Crippen molar-refractivity contribution in [1.29, 1.82) is 0 Å². The Balaban J connectivity index is 1.78. The minimum absolute atomic E-state index is 0.0181. The Hall–Kier alpha value is -2.93. The van der Waals surface area contributed by atoms with Crippen molar-refractivity contribution in [3.8, 4) is 0 Å². The number of carbonyl (C=O) groups is 5. The minimum Gasteiger partial charge on any atom is -0.469 e. The van der Waals surface area contributed by atoms with Gasteiger partial charge in [0, 0.05) is 32.7 Å². The van der Waals surface area contributed by atoms with Crippen LogP contribution in [0.4, 0.5) is 4.79 Å². The van der Waals surface area contributed by atoms with Gasteiger partial charge in [0.15, 0.2) is 12.2 Å². The van der Waals surface area contributed by atoms with Gasteiger partial charge in [0.1, 0.15) is 5.60 Å². The molecule has 0 aromatic heterocycles. The highest BCUT2D eigenvalue weighted by atomic mass is 16.6. The zero-order valence-corrected chi connectivity index (χ0v) is 22.1. The first-order valence-electron chi connectivity index (χ1n) is 12.6. The molecule has 0 bridgehead atoms. The largest absolute Gasteiger partial charge is 0.469 e. The lowest BCUT2D eigenvalue weighted by molar-refractivity contribution is -0.141. The molecular weight excluding hydrogens is 488 g/mol. The lowest BCUT2D eigenvalue weighted by atomic mass is 10.0. The van der Waals surface area contributed by atoms with E-state index in [0.29, 0.717) is 38.9 Å². The third-order valence-electron chi connectivity index (χ3n) is 5.72. The molecular formula is C24H40N4O9. The van der Waals surface area contributed by atoms with Crippen molar-refractivity contribution in [2.45, 2.75) is 89.2 Å². The van der Waals surface area contributed by atoms with E-state index in [1.807, 2.05) is 0 Å². The van der Waals surface area contributed by atoms with Gasteiger partial charge >= 0.3 is 12.1 Å². The fraction of sp³-hybridized carbons (Fsp3) is 0.792. The van der Waals surface area contributed by atoms with E-state index in [4.69, 9.17) is 14.2 Å². The van der Waals surface area contributed by atoms with Crippen LogP contribution < -0.4 is 21.3 Å². The Morgan fingerprint density at radius 2 is 1.32 bits per heavy atom. The van der Waals surface area contributed by atoms with Crippen molar-refractivity contribution in [2.75, 3.05) is 33.4 Å². The molecule has 0 radical (unpaired) electrons. The molecule has 0 saturated carbocycles. The normalized spacial score (nSPS) is 23.8. The molecule has 2 aliphatic heterocycles. The van der Waals surface area contributed by atoms with E-state index in [9.17, 15) is 24.0 Å². The number of rotatable bonds is 10. The maximum Gasteiger partial charge on any atom is 0.407 e. The second-order valence-corrected chi connectivity index (χ2v) is 9.95. The van der Waals surface area contributed by atoms with Crippen LogP contribution in [0.25, 0.3) is 0 Å². The molecule has 37 heavy (non-hydrogen) atoms.